The van der Waals surface area contributed by atoms with Gasteiger partial charge in [-0.1, -0.05) is 0 Å². The molecular formula is C11H17N3O3. The molecule has 0 radical (unpaired) electrons. The van der Waals surface area contributed by atoms with E-state index in [9.17, 15) is 4.79 Å². The number of nitrogens with zero attached hydrogens (tertiary/aromatic N) is 2. The molecule has 1 aromatic rings. The fraction of sp³-hybridized carbons (Fsp3) is 0.545. The van der Waals surface area contributed by atoms with Crippen molar-refractivity contribution in [2.24, 2.45) is 0 Å². The number of rotatable bonds is 7. The lowest BCUT2D eigenvalue weighted by Gasteiger charge is -2.06. The minimum Gasteiger partial charge on any atom is -0.480 e. The van der Waals surface area contributed by atoms with Crippen molar-refractivity contribution in [3.8, 4) is 5.88 Å². The normalized spacial score (nSPS) is 9.76. The quantitative estimate of drug-likeness (QED) is 0.570. The molecule has 0 saturated carbocycles. The third-order valence-electron chi connectivity index (χ3n) is 1.99. The zero-order valence-corrected chi connectivity index (χ0v) is 10.1. The van der Waals surface area contributed by atoms with Crippen LogP contribution in [0.5, 0.6) is 5.88 Å². The number of hydrogen-bond acceptors (Lipinski definition) is 6. The standard InChI is InChI=1S/C11H17N3O3/c1-3-17-11(15)5-4-6-13-9-7-12-8-10(14-9)16-2/h7-8H,3-6H2,1-2H3,(H,13,14). The molecule has 1 aromatic heterocycles. The molecule has 0 aromatic carbocycles. The van der Waals surface area contributed by atoms with E-state index in [1.807, 2.05) is 0 Å². The van der Waals surface area contributed by atoms with Crippen LogP contribution in [0.15, 0.2) is 12.4 Å². The van der Waals surface area contributed by atoms with Gasteiger partial charge in [0.2, 0.25) is 5.88 Å². The number of aromatic nitrogens is 2. The van der Waals surface area contributed by atoms with Crippen LogP contribution in [0.4, 0.5) is 5.82 Å². The summed E-state index contributed by atoms with van der Waals surface area (Å²) < 4.78 is 9.76. The first-order valence-corrected chi connectivity index (χ1v) is 5.51. The molecule has 0 bridgehead atoms. The molecule has 1 rings (SSSR count). The first-order valence-electron chi connectivity index (χ1n) is 5.51. The fourth-order valence-electron chi connectivity index (χ4n) is 1.21. The lowest BCUT2D eigenvalue weighted by molar-refractivity contribution is -0.143. The van der Waals surface area contributed by atoms with E-state index in [1.54, 1.807) is 13.1 Å². The molecule has 0 aliphatic carbocycles. The molecule has 0 aliphatic rings. The minimum atomic E-state index is -0.175. The Balaban J connectivity index is 2.24. The Morgan fingerprint density at radius 1 is 1.47 bits per heavy atom. The van der Waals surface area contributed by atoms with Gasteiger partial charge in [0.15, 0.2) is 0 Å². The van der Waals surface area contributed by atoms with E-state index in [0.717, 1.165) is 0 Å². The van der Waals surface area contributed by atoms with Gasteiger partial charge in [-0.05, 0) is 13.3 Å². The van der Waals surface area contributed by atoms with E-state index in [1.165, 1.54) is 13.3 Å². The molecule has 1 heterocycles. The summed E-state index contributed by atoms with van der Waals surface area (Å²) in [6.07, 6.45) is 4.23. The van der Waals surface area contributed by atoms with Crippen molar-refractivity contribution in [3.63, 3.8) is 0 Å². The molecule has 0 saturated heterocycles. The van der Waals surface area contributed by atoms with Gasteiger partial charge < -0.3 is 14.8 Å². The average Bonchev–Trinajstić information content (AvgIpc) is 2.35. The number of esters is 1. The van der Waals surface area contributed by atoms with E-state index < -0.39 is 0 Å². The summed E-state index contributed by atoms with van der Waals surface area (Å²) in [5.74, 6) is 0.916. The van der Waals surface area contributed by atoms with Crippen molar-refractivity contribution < 1.29 is 14.3 Å². The maximum absolute atomic E-state index is 11.1. The Morgan fingerprint density at radius 3 is 3.00 bits per heavy atom. The lowest BCUT2D eigenvalue weighted by Crippen LogP contribution is -2.09. The molecule has 6 heteroatoms. The maximum Gasteiger partial charge on any atom is 0.305 e. The SMILES string of the molecule is CCOC(=O)CCCNc1cncc(OC)n1. The van der Waals surface area contributed by atoms with Crippen LogP contribution >= 0.6 is 0 Å². The first-order chi connectivity index (χ1) is 8.26. The van der Waals surface area contributed by atoms with Crippen LogP contribution in [0.1, 0.15) is 19.8 Å². The molecule has 0 fully saturated rings. The van der Waals surface area contributed by atoms with E-state index >= 15 is 0 Å². The van der Waals surface area contributed by atoms with Gasteiger partial charge in [0.1, 0.15) is 5.82 Å². The topological polar surface area (TPSA) is 73.3 Å². The zero-order valence-electron chi connectivity index (χ0n) is 10.1. The summed E-state index contributed by atoms with van der Waals surface area (Å²) in [6, 6.07) is 0. The highest BCUT2D eigenvalue weighted by Gasteiger charge is 2.01. The Kier molecular flexibility index (Phi) is 5.77. The van der Waals surface area contributed by atoms with E-state index in [4.69, 9.17) is 9.47 Å². The number of carbonyl (C=O) groups excluding carboxylic acids is 1. The van der Waals surface area contributed by atoms with Crippen molar-refractivity contribution in [3.05, 3.63) is 12.4 Å². The van der Waals surface area contributed by atoms with Crippen molar-refractivity contribution >= 4 is 11.8 Å². The summed E-state index contributed by atoms with van der Waals surface area (Å²) >= 11 is 0. The van der Waals surface area contributed by atoms with Gasteiger partial charge in [0, 0.05) is 13.0 Å². The highest BCUT2D eigenvalue weighted by Crippen LogP contribution is 2.08. The molecule has 0 unspecified atom stereocenters. The molecular weight excluding hydrogens is 222 g/mol. The highest BCUT2D eigenvalue weighted by molar-refractivity contribution is 5.69. The Labute approximate surface area is 100 Å². The number of nitrogens with one attached hydrogen (secondary N) is 1. The summed E-state index contributed by atoms with van der Waals surface area (Å²) in [4.78, 5) is 19.1. The largest absolute Gasteiger partial charge is 0.480 e. The van der Waals surface area contributed by atoms with Crippen LogP contribution in [0, 0.1) is 0 Å². The second kappa shape index (κ2) is 7.43. The summed E-state index contributed by atoms with van der Waals surface area (Å²) in [6.45, 7) is 2.86. The predicted molar refractivity (Wildman–Crippen MR) is 62.9 cm³/mol. The lowest BCUT2D eigenvalue weighted by atomic mass is 10.3. The fourth-order valence-corrected chi connectivity index (χ4v) is 1.21. The van der Waals surface area contributed by atoms with E-state index in [-0.39, 0.29) is 5.97 Å². The number of ether oxygens (including phenoxy) is 2. The van der Waals surface area contributed by atoms with Crippen molar-refractivity contribution in [1.29, 1.82) is 0 Å². The second-order valence-corrected chi connectivity index (χ2v) is 3.28. The molecule has 0 spiro atoms. The van der Waals surface area contributed by atoms with Crippen molar-refractivity contribution in [2.75, 3.05) is 25.6 Å². The van der Waals surface area contributed by atoms with E-state index in [2.05, 4.69) is 15.3 Å². The van der Waals surface area contributed by atoms with Crippen LogP contribution in [0.2, 0.25) is 0 Å². The molecule has 0 aliphatic heterocycles. The Morgan fingerprint density at radius 2 is 2.29 bits per heavy atom. The predicted octanol–water partition coefficient (Wildman–Crippen LogP) is 1.24. The van der Waals surface area contributed by atoms with Gasteiger partial charge in [-0.2, -0.15) is 4.98 Å². The van der Waals surface area contributed by atoms with E-state index in [0.29, 0.717) is 37.7 Å². The third-order valence-corrected chi connectivity index (χ3v) is 1.99. The number of anilines is 1. The number of carbonyl (C=O) groups is 1. The molecule has 1 N–H and O–H groups in total. The summed E-state index contributed by atoms with van der Waals surface area (Å²) in [7, 11) is 1.54. The van der Waals surface area contributed by atoms with Gasteiger partial charge in [-0.25, -0.2) is 0 Å². The van der Waals surface area contributed by atoms with Crippen molar-refractivity contribution in [1.82, 2.24) is 9.97 Å². The molecule has 0 atom stereocenters. The zero-order chi connectivity index (χ0) is 12.5. The first kappa shape index (κ1) is 13.2. The van der Waals surface area contributed by atoms with Crippen LogP contribution in [-0.2, 0) is 9.53 Å². The van der Waals surface area contributed by atoms with Gasteiger partial charge in [-0.15, -0.1) is 0 Å². The van der Waals surface area contributed by atoms with Crippen LogP contribution in [-0.4, -0.2) is 36.2 Å². The van der Waals surface area contributed by atoms with Gasteiger partial charge in [0.05, 0.1) is 26.1 Å². The third kappa shape index (κ3) is 5.14. The number of methoxy groups -OCH3 is 1. The monoisotopic (exact) mass is 239 g/mol. The van der Waals surface area contributed by atoms with Crippen LogP contribution in [0.25, 0.3) is 0 Å². The average molecular weight is 239 g/mol. The maximum atomic E-state index is 11.1. The molecule has 0 amide bonds. The minimum absolute atomic E-state index is 0.175. The highest BCUT2D eigenvalue weighted by atomic mass is 16.5. The van der Waals surface area contributed by atoms with Gasteiger partial charge >= 0.3 is 5.97 Å². The second-order valence-electron chi connectivity index (χ2n) is 3.28. The number of hydrogen-bond donors (Lipinski definition) is 1. The Bertz CT molecular complexity index is 358. The molecule has 6 nitrogen and oxygen atoms in total. The van der Waals surface area contributed by atoms with Crippen LogP contribution in [0.3, 0.4) is 0 Å². The Hall–Kier alpha value is -1.85. The molecule has 17 heavy (non-hydrogen) atoms. The van der Waals surface area contributed by atoms with Gasteiger partial charge in [-0.3, -0.25) is 9.78 Å². The van der Waals surface area contributed by atoms with Crippen molar-refractivity contribution in [2.45, 2.75) is 19.8 Å². The van der Waals surface area contributed by atoms with Crippen LogP contribution < -0.4 is 10.1 Å². The summed E-state index contributed by atoms with van der Waals surface area (Å²) in [5, 5.41) is 3.06. The van der Waals surface area contributed by atoms with Gasteiger partial charge in [0.25, 0.3) is 0 Å². The molecule has 94 valence electrons. The smallest absolute Gasteiger partial charge is 0.305 e. The summed E-state index contributed by atoms with van der Waals surface area (Å²) in [5.41, 5.74) is 0.